The summed E-state index contributed by atoms with van der Waals surface area (Å²) in [6.45, 7) is 10.3. The lowest BCUT2D eigenvalue weighted by Crippen LogP contribution is -2.36. The highest BCUT2D eigenvalue weighted by Crippen LogP contribution is 2.19. The Morgan fingerprint density at radius 1 is 1.31 bits per heavy atom. The number of rotatable bonds is 8. The van der Waals surface area contributed by atoms with Gasteiger partial charge in [0, 0.05) is 11.9 Å². The molecule has 0 spiro atoms. The lowest BCUT2D eigenvalue weighted by Gasteiger charge is -2.10. The number of thiazole rings is 1. The molecule has 2 aromatic rings. The van der Waals surface area contributed by atoms with Gasteiger partial charge in [-0.3, -0.25) is 0 Å². The Morgan fingerprint density at radius 3 is 2.73 bits per heavy atom. The maximum atomic E-state index is 13.9. The Balaban J connectivity index is 1.98. The van der Waals surface area contributed by atoms with Crippen LogP contribution in [0.15, 0.2) is 28.6 Å². The normalized spacial score (nSPS) is 11.7. The third-order valence-corrected chi connectivity index (χ3v) is 4.50. The fourth-order valence-electron chi connectivity index (χ4n) is 2.26. The van der Waals surface area contributed by atoms with Crippen molar-refractivity contribution >= 4 is 17.3 Å². The quantitative estimate of drug-likeness (QED) is 0.537. The molecule has 1 aromatic heterocycles. The molecular weight excluding hydrogens is 351 g/mol. The van der Waals surface area contributed by atoms with Crippen LogP contribution >= 0.6 is 11.3 Å². The van der Waals surface area contributed by atoms with Crippen LogP contribution in [0.4, 0.5) is 4.39 Å². The predicted octanol–water partition coefficient (Wildman–Crippen LogP) is 4.06. The van der Waals surface area contributed by atoms with Crippen LogP contribution in [0.5, 0.6) is 5.75 Å². The maximum Gasteiger partial charge on any atom is 0.191 e. The molecule has 0 atom stereocenters. The van der Waals surface area contributed by atoms with Crippen LogP contribution in [-0.2, 0) is 13.1 Å². The zero-order chi connectivity index (χ0) is 18.9. The Morgan fingerprint density at radius 2 is 2.12 bits per heavy atom. The summed E-state index contributed by atoms with van der Waals surface area (Å²) < 4.78 is 19.2. The monoisotopic (exact) mass is 378 g/mol. The number of ether oxygens (including phenoxy) is 1. The summed E-state index contributed by atoms with van der Waals surface area (Å²) in [6, 6.07) is 4.94. The molecule has 0 aliphatic carbocycles. The lowest BCUT2D eigenvalue weighted by atomic mass is 10.2. The van der Waals surface area contributed by atoms with Crippen LogP contribution in [0, 0.1) is 5.82 Å². The Hall–Kier alpha value is -2.15. The topological polar surface area (TPSA) is 58.5 Å². The van der Waals surface area contributed by atoms with Gasteiger partial charge < -0.3 is 15.4 Å². The third-order valence-electron chi connectivity index (χ3n) is 3.63. The first kappa shape index (κ1) is 20.2. The molecule has 0 saturated carbocycles. The van der Waals surface area contributed by atoms with Crippen LogP contribution in [0.25, 0.3) is 0 Å². The highest BCUT2D eigenvalue weighted by Gasteiger charge is 2.07. The first-order chi connectivity index (χ1) is 12.5. The number of hydrogen-bond donors (Lipinski definition) is 2. The average Bonchev–Trinajstić information content (AvgIpc) is 3.09. The minimum Gasteiger partial charge on any atom is -0.491 e. The van der Waals surface area contributed by atoms with E-state index >= 15 is 0 Å². The summed E-state index contributed by atoms with van der Waals surface area (Å²) >= 11 is 1.64. The molecule has 26 heavy (non-hydrogen) atoms. The lowest BCUT2D eigenvalue weighted by molar-refractivity contribution is 0.321. The maximum absolute atomic E-state index is 13.9. The van der Waals surface area contributed by atoms with Crippen molar-refractivity contribution < 1.29 is 9.13 Å². The van der Waals surface area contributed by atoms with Crippen LogP contribution < -0.4 is 15.4 Å². The molecule has 0 amide bonds. The number of nitrogens with one attached hydrogen (secondary N) is 2. The molecule has 0 aliphatic heterocycles. The smallest absolute Gasteiger partial charge is 0.191 e. The van der Waals surface area contributed by atoms with E-state index in [1.807, 2.05) is 19.9 Å². The number of aliphatic imine (C=N–C) groups is 1. The second-order valence-corrected chi connectivity index (χ2v) is 7.01. The van der Waals surface area contributed by atoms with E-state index in [4.69, 9.17) is 4.74 Å². The van der Waals surface area contributed by atoms with Gasteiger partial charge in [0.1, 0.15) is 5.01 Å². The van der Waals surface area contributed by atoms with E-state index in [0.717, 1.165) is 22.8 Å². The minimum absolute atomic E-state index is 0.273. The van der Waals surface area contributed by atoms with E-state index in [9.17, 15) is 4.39 Å². The van der Waals surface area contributed by atoms with Crippen molar-refractivity contribution in [3.63, 3.8) is 0 Å². The molecule has 142 valence electrons. The van der Waals surface area contributed by atoms with E-state index < -0.39 is 0 Å². The van der Waals surface area contributed by atoms with Gasteiger partial charge in [-0.2, -0.15) is 0 Å². The van der Waals surface area contributed by atoms with E-state index in [1.54, 1.807) is 17.4 Å². The van der Waals surface area contributed by atoms with Crippen molar-refractivity contribution in [2.24, 2.45) is 4.99 Å². The van der Waals surface area contributed by atoms with Crippen molar-refractivity contribution in [3.8, 4) is 5.75 Å². The molecular formula is C19H27FN4OS. The van der Waals surface area contributed by atoms with E-state index in [-0.39, 0.29) is 11.6 Å². The summed E-state index contributed by atoms with van der Waals surface area (Å²) in [7, 11) is 0. The molecule has 0 saturated heterocycles. The van der Waals surface area contributed by atoms with Gasteiger partial charge in [0.2, 0.25) is 0 Å². The molecule has 0 bridgehead atoms. The molecule has 2 rings (SSSR count). The van der Waals surface area contributed by atoms with Crippen molar-refractivity contribution in [3.05, 3.63) is 45.7 Å². The highest BCUT2D eigenvalue weighted by atomic mass is 32.1. The van der Waals surface area contributed by atoms with Gasteiger partial charge in [-0.25, -0.2) is 14.4 Å². The molecule has 0 fully saturated rings. The minimum atomic E-state index is -0.360. The van der Waals surface area contributed by atoms with Gasteiger partial charge >= 0.3 is 0 Å². The molecule has 0 unspecified atom stereocenters. The molecule has 2 N–H and O–H groups in total. The summed E-state index contributed by atoms with van der Waals surface area (Å²) in [4.78, 5) is 9.13. The first-order valence-electron chi connectivity index (χ1n) is 8.91. The van der Waals surface area contributed by atoms with Crippen molar-refractivity contribution in [1.29, 1.82) is 0 Å². The van der Waals surface area contributed by atoms with Gasteiger partial charge in [0.15, 0.2) is 17.5 Å². The zero-order valence-electron chi connectivity index (χ0n) is 15.8. The zero-order valence-corrected chi connectivity index (χ0v) is 16.6. The van der Waals surface area contributed by atoms with Crippen LogP contribution in [-0.4, -0.2) is 24.1 Å². The Bertz CT molecular complexity index is 730. The number of halogens is 1. The number of hydrogen-bond acceptors (Lipinski definition) is 4. The molecule has 1 heterocycles. The Labute approximate surface area is 158 Å². The average molecular weight is 379 g/mol. The number of benzene rings is 1. The molecule has 1 aromatic carbocycles. The van der Waals surface area contributed by atoms with Gasteiger partial charge in [-0.05, 0) is 37.5 Å². The molecule has 0 aliphatic rings. The first-order valence-corrected chi connectivity index (χ1v) is 9.79. The number of guanidine groups is 1. The van der Waals surface area contributed by atoms with E-state index in [0.29, 0.717) is 31.6 Å². The van der Waals surface area contributed by atoms with Crippen LogP contribution in [0.2, 0.25) is 0 Å². The van der Waals surface area contributed by atoms with Gasteiger partial charge in [0.25, 0.3) is 0 Å². The van der Waals surface area contributed by atoms with Crippen LogP contribution in [0.1, 0.15) is 49.9 Å². The number of aromatic nitrogens is 1. The summed E-state index contributed by atoms with van der Waals surface area (Å²) in [6.07, 6.45) is 0. The van der Waals surface area contributed by atoms with E-state index in [1.165, 1.54) is 6.07 Å². The molecule has 0 radical (unpaired) electrons. The van der Waals surface area contributed by atoms with Gasteiger partial charge in [-0.15, -0.1) is 11.3 Å². The summed E-state index contributed by atoms with van der Waals surface area (Å²) in [5.74, 6) is 1.02. The van der Waals surface area contributed by atoms with Crippen molar-refractivity contribution in [2.75, 3.05) is 13.2 Å². The largest absolute Gasteiger partial charge is 0.491 e. The SMILES string of the molecule is CCNC(=NCc1ccc(OCC)c(F)c1)NCc1nc(C(C)C)cs1. The predicted molar refractivity (Wildman–Crippen MR) is 105 cm³/mol. The second kappa shape index (κ2) is 10.1. The summed E-state index contributed by atoms with van der Waals surface area (Å²) in [5, 5.41) is 9.58. The van der Waals surface area contributed by atoms with Crippen molar-refractivity contribution in [2.45, 2.75) is 46.7 Å². The van der Waals surface area contributed by atoms with E-state index in [2.05, 4.69) is 39.8 Å². The number of nitrogens with zero attached hydrogens (tertiary/aromatic N) is 2. The second-order valence-electron chi connectivity index (χ2n) is 6.07. The fraction of sp³-hybridized carbons (Fsp3) is 0.474. The van der Waals surface area contributed by atoms with Gasteiger partial charge in [-0.1, -0.05) is 19.9 Å². The molecule has 7 heteroatoms. The standard InChI is InChI=1S/C19H27FN4OS/c1-5-21-19(23-11-18-24-16(12-26-18)13(3)4)22-10-14-7-8-17(25-6-2)15(20)9-14/h7-9,12-13H,5-6,10-11H2,1-4H3,(H2,21,22,23). The van der Waals surface area contributed by atoms with Gasteiger partial charge in [0.05, 0.1) is 25.4 Å². The highest BCUT2D eigenvalue weighted by molar-refractivity contribution is 7.09. The Kier molecular flexibility index (Phi) is 7.84. The molecule has 5 nitrogen and oxygen atoms in total. The third kappa shape index (κ3) is 5.98. The van der Waals surface area contributed by atoms with Crippen LogP contribution in [0.3, 0.4) is 0 Å². The summed E-state index contributed by atoms with van der Waals surface area (Å²) in [5.41, 5.74) is 1.90. The fourth-order valence-corrected chi connectivity index (χ4v) is 3.15. The van der Waals surface area contributed by atoms with Crippen molar-refractivity contribution in [1.82, 2.24) is 15.6 Å².